The normalized spacial score (nSPS) is 21.2. The van der Waals surface area contributed by atoms with Gasteiger partial charge in [-0.25, -0.2) is 4.99 Å². The molecule has 0 amide bonds. The Morgan fingerprint density at radius 3 is 2.47 bits per heavy atom. The Kier molecular flexibility index (Phi) is 6.09. The maximum Gasteiger partial charge on any atom is 0.319 e. The average Bonchev–Trinajstić information content (AvgIpc) is 3.10. The lowest BCUT2D eigenvalue weighted by Crippen LogP contribution is -2.54. The summed E-state index contributed by atoms with van der Waals surface area (Å²) < 4.78 is 11.3. The number of aliphatic imine (C=N–C) groups is 1. The van der Waals surface area contributed by atoms with E-state index in [-0.39, 0.29) is 0 Å². The van der Waals surface area contributed by atoms with Crippen molar-refractivity contribution in [2.45, 2.75) is 39.8 Å². The highest BCUT2D eigenvalue weighted by Crippen LogP contribution is 2.40. The predicted molar refractivity (Wildman–Crippen MR) is 128 cm³/mol. The van der Waals surface area contributed by atoms with Crippen molar-refractivity contribution in [3.8, 4) is 0 Å². The molecule has 0 aliphatic carbocycles. The van der Waals surface area contributed by atoms with Gasteiger partial charge in [-0.05, 0) is 24.5 Å². The Balaban J connectivity index is 1.85. The van der Waals surface area contributed by atoms with Crippen LogP contribution in [0.3, 0.4) is 0 Å². The highest BCUT2D eigenvalue weighted by Gasteiger charge is 2.43. The molecule has 2 unspecified atom stereocenters. The highest BCUT2D eigenvalue weighted by molar-refractivity contribution is 5.98. The number of ether oxygens (including phenoxy) is 2. The molecule has 1 aromatic heterocycles. The van der Waals surface area contributed by atoms with Gasteiger partial charge in [-0.1, -0.05) is 62.4 Å². The number of methoxy groups -OCH3 is 1. The minimum atomic E-state index is -0.698. The fourth-order valence-electron chi connectivity index (χ4n) is 4.43. The molecule has 2 atom stereocenters. The Bertz CT molecular complexity index is 1160. The van der Waals surface area contributed by atoms with Gasteiger partial charge in [0.25, 0.3) is 5.90 Å². The second-order valence-electron chi connectivity index (χ2n) is 8.89. The van der Waals surface area contributed by atoms with Crippen molar-refractivity contribution >= 4 is 22.5 Å². The molecule has 0 fully saturated rings. The smallest absolute Gasteiger partial charge is 0.319 e. The molecular formula is C26H31N3O3. The van der Waals surface area contributed by atoms with Crippen molar-refractivity contribution in [1.29, 1.82) is 0 Å². The Morgan fingerprint density at radius 1 is 1.09 bits per heavy atom. The summed E-state index contributed by atoms with van der Waals surface area (Å²) >= 11 is 0. The summed E-state index contributed by atoms with van der Waals surface area (Å²) in [4.78, 5) is 8.35. The molecule has 1 aliphatic heterocycles. The molecule has 1 aliphatic rings. The molecule has 0 radical (unpaired) electrons. The molecule has 1 N–H and O–H groups in total. The molecule has 168 valence electrons. The number of hydrogen-bond donors (Lipinski definition) is 1. The largest absolute Gasteiger partial charge is 0.625 e. The summed E-state index contributed by atoms with van der Waals surface area (Å²) in [6.07, 6.45) is 0.640. The number of nitrogens with zero attached hydrogens (tertiary/aromatic N) is 2. The number of aromatic nitrogens is 1. The molecule has 4 rings (SSSR count). The first kappa shape index (κ1) is 22.1. The van der Waals surface area contributed by atoms with Gasteiger partial charge < -0.3 is 19.7 Å². The SMILES string of the molecule is COC1=C(c2c(C)[nH]c3ccccc23)N=C(OCc2ccccc2)C(CC(C)C)[N+]1(C)[O-]. The van der Waals surface area contributed by atoms with Crippen LogP contribution in [0.1, 0.15) is 37.1 Å². The Morgan fingerprint density at radius 2 is 1.78 bits per heavy atom. The van der Waals surface area contributed by atoms with Crippen molar-refractivity contribution < 1.29 is 14.1 Å². The second kappa shape index (κ2) is 8.81. The van der Waals surface area contributed by atoms with Crippen molar-refractivity contribution in [2.24, 2.45) is 10.9 Å². The van der Waals surface area contributed by atoms with Crippen LogP contribution in [-0.2, 0) is 16.1 Å². The zero-order valence-electron chi connectivity index (χ0n) is 19.4. The molecule has 0 spiro atoms. The molecule has 2 aromatic carbocycles. The summed E-state index contributed by atoms with van der Waals surface area (Å²) in [6, 6.07) is 17.5. The maximum atomic E-state index is 14.1. The summed E-state index contributed by atoms with van der Waals surface area (Å²) in [7, 11) is 3.18. The molecule has 0 saturated carbocycles. The number of para-hydroxylation sites is 1. The quantitative estimate of drug-likeness (QED) is 0.398. The first-order valence-corrected chi connectivity index (χ1v) is 11.0. The number of hydroxylamine groups is 3. The Hall–Kier alpha value is -3.09. The van der Waals surface area contributed by atoms with Crippen molar-refractivity contribution in [2.75, 3.05) is 14.2 Å². The average molecular weight is 434 g/mol. The minimum Gasteiger partial charge on any atom is -0.625 e. The third-order valence-corrected chi connectivity index (χ3v) is 5.96. The van der Waals surface area contributed by atoms with Crippen LogP contribution in [0.4, 0.5) is 0 Å². The van der Waals surface area contributed by atoms with E-state index in [1.807, 2.05) is 61.5 Å². The maximum absolute atomic E-state index is 14.1. The van der Waals surface area contributed by atoms with Gasteiger partial charge in [0.05, 0.1) is 14.2 Å². The minimum absolute atomic E-state index is 0.298. The number of aryl methyl sites for hydroxylation is 1. The van der Waals surface area contributed by atoms with Gasteiger partial charge in [0.15, 0.2) is 11.7 Å². The van der Waals surface area contributed by atoms with Crippen molar-refractivity contribution in [3.05, 3.63) is 82.5 Å². The molecule has 3 aromatic rings. The van der Waals surface area contributed by atoms with Crippen molar-refractivity contribution in [1.82, 2.24) is 4.98 Å². The van der Waals surface area contributed by atoms with E-state index in [2.05, 4.69) is 18.8 Å². The molecule has 6 nitrogen and oxygen atoms in total. The van der Waals surface area contributed by atoms with Crippen LogP contribution in [0.15, 0.2) is 65.5 Å². The van der Waals surface area contributed by atoms with E-state index in [0.717, 1.165) is 27.7 Å². The lowest BCUT2D eigenvalue weighted by Gasteiger charge is -2.47. The van der Waals surface area contributed by atoms with E-state index in [1.54, 1.807) is 14.2 Å². The van der Waals surface area contributed by atoms with Crippen LogP contribution in [0.2, 0.25) is 0 Å². The van der Waals surface area contributed by atoms with Crippen LogP contribution in [0, 0.1) is 18.0 Å². The molecule has 6 heteroatoms. The van der Waals surface area contributed by atoms with Gasteiger partial charge in [-0.15, -0.1) is 0 Å². The third kappa shape index (κ3) is 4.04. The van der Waals surface area contributed by atoms with Gasteiger partial charge in [-0.2, -0.15) is 0 Å². The predicted octanol–water partition coefficient (Wildman–Crippen LogP) is 5.74. The molecule has 0 saturated heterocycles. The van der Waals surface area contributed by atoms with Gasteiger partial charge in [0.2, 0.25) is 0 Å². The number of likely N-dealkylation sites (N-methyl/N-ethyl adjacent to an activating group) is 1. The number of benzene rings is 2. The number of fused-ring (bicyclic) bond motifs is 1. The number of hydrogen-bond acceptors (Lipinski definition) is 4. The monoisotopic (exact) mass is 433 g/mol. The standard InChI is InChI=1S/C26H31N3O3/c1-17(2)15-22-25(32-16-19-11-7-6-8-12-19)28-24(26(31-5)29(22,4)30)23-18(3)27-21-14-10-9-13-20(21)23/h6-14,17,22,27H,15-16H2,1-5H3. The molecule has 32 heavy (non-hydrogen) atoms. The fourth-order valence-corrected chi connectivity index (χ4v) is 4.43. The summed E-state index contributed by atoms with van der Waals surface area (Å²) in [6.45, 7) is 6.55. The zero-order chi connectivity index (χ0) is 22.9. The van der Waals surface area contributed by atoms with Crippen LogP contribution < -0.4 is 0 Å². The van der Waals surface area contributed by atoms with Crippen LogP contribution in [-0.4, -0.2) is 35.7 Å². The zero-order valence-corrected chi connectivity index (χ0v) is 19.4. The summed E-state index contributed by atoms with van der Waals surface area (Å²) in [5, 5.41) is 15.1. The lowest BCUT2D eigenvalue weighted by atomic mass is 9.99. The van der Waals surface area contributed by atoms with Gasteiger partial charge in [-0.3, -0.25) is 4.65 Å². The van der Waals surface area contributed by atoms with Crippen LogP contribution >= 0.6 is 0 Å². The van der Waals surface area contributed by atoms with Crippen LogP contribution in [0.25, 0.3) is 16.6 Å². The second-order valence-corrected chi connectivity index (χ2v) is 8.89. The van der Waals surface area contributed by atoms with Gasteiger partial charge in [0.1, 0.15) is 6.61 Å². The highest BCUT2D eigenvalue weighted by atomic mass is 16.6. The number of aromatic amines is 1. The van der Waals surface area contributed by atoms with E-state index >= 15 is 0 Å². The lowest BCUT2D eigenvalue weighted by molar-refractivity contribution is -0.855. The van der Waals surface area contributed by atoms with E-state index in [9.17, 15) is 5.21 Å². The van der Waals surface area contributed by atoms with E-state index < -0.39 is 10.7 Å². The van der Waals surface area contributed by atoms with Gasteiger partial charge >= 0.3 is 5.88 Å². The number of rotatable bonds is 6. The summed E-state index contributed by atoms with van der Waals surface area (Å²) in [5.41, 5.74) is 4.37. The van der Waals surface area contributed by atoms with Gasteiger partial charge in [0, 0.05) is 28.6 Å². The number of quaternary nitrogens is 1. The van der Waals surface area contributed by atoms with E-state index in [1.165, 1.54) is 0 Å². The van der Waals surface area contributed by atoms with E-state index in [4.69, 9.17) is 14.5 Å². The topological polar surface area (TPSA) is 69.7 Å². The molecule has 2 heterocycles. The summed E-state index contributed by atoms with van der Waals surface area (Å²) in [5.74, 6) is 1.06. The first-order chi connectivity index (χ1) is 15.3. The molecule has 0 bridgehead atoms. The number of nitrogens with one attached hydrogen (secondary N) is 1. The Labute approximate surface area is 189 Å². The third-order valence-electron chi connectivity index (χ3n) is 5.96. The number of H-pyrrole nitrogens is 1. The van der Waals surface area contributed by atoms with E-state index in [0.29, 0.717) is 36.4 Å². The first-order valence-electron chi connectivity index (χ1n) is 11.0. The van der Waals surface area contributed by atoms with Crippen LogP contribution in [0.5, 0.6) is 0 Å². The van der Waals surface area contributed by atoms with Crippen molar-refractivity contribution in [3.63, 3.8) is 0 Å². The fraction of sp³-hybridized carbons (Fsp3) is 0.346. The molecular weight excluding hydrogens is 402 g/mol.